The summed E-state index contributed by atoms with van der Waals surface area (Å²) in [4.78, 5) is 11.8. The van der Waals surface area contributed by atoms with Crippen molar-refractivity contribution < 1.29 is 14.3 Å². The maximum Gasteiger partial charge on any atom is 0.335 e. The monoisotopic (exact) mass is 246 g/mol. The fourth-order valence-electron chi connectivity index (χ4n) is 2.00. The van der Waals surface area contributed by atoms with Crippen LogP contribution in [0.1, 0.15) is 26.3 Å². The number of esters is 1. The number of carbonyl (C=O) groups excluding carboxylic acids is 1. The number of benzene rings is 1. The van der Waals surface area contributed by atoms with Crippen molar-refractivity contribution in [3.8, 4) is 5.75 Å². The normalized spacial score (nSPS) is 24.1. The molecule has 1 aliphatic rings. The van der Waals surface area contributed by atoms with Gasteiger partial charge in [-0.25, -0.2) is 4.79 Å². The van der Waals surface area contributed by atoms with E-state index in [2.05, 4.69) is 0 Å². The number of rotatable bonds is 2. The van der Waals surface area contributed by atoms with Crippen molar-refractivity contribution in [2.75, 3.05) is 7.11 Å². The topological polar surface area (TPSA) is 35.5 Å². The molecule has 0 radical (unpaired) electrons. The highest BCUT2D eigenvalue weighted by Gasteiger charge is 2.42. The maximum absolute atomic E-state index is 11.8. The molecule has 0 N–H and O–H groups in total. The fourth-order valence-corrected chi connectivity index (χ4v) is 2.00. The highest BCUT2D eigenvalue weighted by Crippen LogP contribution is 2.37. The Labute approximate surface area is 107 Å². The summed E-state index contributed by atoms with van der Waals surface area (Å²) in [6.07, 6.45) is 1.89. The standard InChI is InChI=1S/C15H18O3/c1-10-13(14(16)18-15(10,2)3)9-11-5-7-12(17-4)8-6-11/h5-10H,1-4H3. The van der Waals surface area contributed by atoms with E-state index in [1.807, 2.05) is 51.1 Å². The zero-order valence-electron chi connectivity index (χ0n) is 11.2. The van der Waals surface area contributed by atoms with E-state index in [0.29, 0.717) is 0 Å². The molecule has 0 aliphatic carbocycles. The smallest absolute Gasteiger partial charge is 0.335 e. The number of cyclic esters (lactones) is 1. The van der Waals surface area contributed by atoms with Gasteiger partial charge in [0.1, 0.15) is 11.4 Å². The van der Waals surface area contributed by atoms with Gasteiger partial charge in [0.05, 0.1) is 7.11 Å². The summed E-state index contributed by atoms with van der Waals surface area (Å²) in [7, 11) is 1.63. The first-order valence-corrected chi connectivity index (χ1v) is 6.03. The Morgan fingerprint density at radius 2 is 1.89 bits per heavy atom. The lowest BCUT2D eigenvalue weighted by Crippen LogP contribution is -2.25. The molecule has 0 spiro atoms. The van der Waals surface area contributed by atoms with Crippen LogP contribution in [0, 0.1) is 5.92 Å². The van der Waals surface area contributed by atoms with Crippen LogP contribution in [-0.4, -0.2) is 18.7 Å². The molecule has 18 heavy (non-hydrogen) atoms. The Hall–Kier alpha value is -1.77. The van der Waals surface area contributed by atoms with E-state index in [1.165, 1.54) is 0 Å². The van der Waals surface area contributed by atoms with Gasteiger partial charge in [0, 0.05) is 11.5 Å². The first-order chi connectivity index (χ1) is 8.44. The van der Waals surface area contributed by atoms with Gasteiger partial charge >= 0.3 is 5.97 Å². The molecule has 1 aromatic rings. The fraction of sp³-hybridized carbons (Fsp3) is 0.400. The summed E-state index contributed by atoms with van der Waals surface area (Å²) in [5.41, 5.74) is 1.28. The predicted octanol–water partition coefficient (Wildman–Crippen LogP) is 3.05. The average Bonchev–Trinajstić information content (AvgIpc) is 2.52. The van der Waals surface area contributed by atoms with Crippen LogP contribution in [0.3, 0.4) is 0 Å². The van der Waals surface area contributed by atoms with Crippen LogP contribution in [0.15, 0.2) is 29.8 Å². The summed E-state index contributed by atoms with van der Waals surface area (Å²) in [5.74, 6) is 0.676. The zero-order chi connectivity index (χ0) is 13.3. The van der Waals surface area contributed by atoms with Gasteiger partial charge in [0.25, 0.3) is 0 Å². The molecule has 1 fully saturated rings. The molecular formula is C15H18O3. The molecule has 3 nitrogen and oxygen atoms in total. The maximum atomic E-state index is 11.8. The molecule has 1 aromatic carbocycles. The first kappa shape index (κ1) is 12.7. The van der Waals surface area contributed by atoms with Gasteiger partial charge in [0.2, 0.25) is 0 Å². The van der Waals surface area contributed by atoms with E-state index >= 15 is 0 Å². The molecule has 0 bridgehead atoms. The van der Waals surface area contributed by atoms with Crippen LogP contribution in [0.5, 0.6) is 5.75 Å². The SMILES string of the molecule is COc1ccc(C=C2C(=O)OC(C)(C)C2C)cc1. The minimum Gasteiger partial charge on any atom is -0.497 e. The number of carbonyl (C=O) groups is 1. The first-order valence-electron chi connectivity index (χ1n) is 6.03. The lowest BCUT2D eigenvalue weighted by molar-refractivity contribution is -0.144. The third-order valence-electron chi connectivity index (χ3n) is 3.54. The van der Waals surface area contributed by atoms with Crippen molar-refractivity contribution in [2.45, 2.75) is 26.4 Å². The molecule has 1 saturated heterocycles. The Bertz CT molecular complexity index is 483. The van der Waals surface area contributed by atoms with Gasteiger partial charge in [-0.05, 0) is 37.6 Å². The van der Waals surface area contributed by atoms with E-state index in [0.717, 1.165) is 16.9 Å². The van der Waals surface area contributed by atoms with Crippen molar-refractivity contribution in [2.24, 2.45) is 5.92 Å². The average molecular weight is 246 g/mol. The van der Waals surface area contributed by atoms with Crippen LogP contribution < -0.4 is 4.74 Å². The Morgan fingerprint density at radius 1 is 1.28 bits per heavy atom. The van der Waals surface area contributed by atoms with Crippen molar-refractivity contribution in [1.29, 1.82) is 0 Å². The zero-order valence-corrected chi connectivity index (χ0v) is 11.2. The molecule has 0 amide bonds. The second-order valence-electron chi connectivity index (χ2n) is 5.09. The van der Waals surface area contributed by atoms with Crippen LogP contribution in [-0.2, 0) is 9.53 Å². The molecule has 1 atom stereocenters. The largest absolute Gasteiger partial charge is 0.497 e. The molecule has 1 aliphatic heterocycles. The summed E-state index contributed by atoms with van der Waals surface area (Å²) in [6, 6.07) is 7.61. The lowest BCUT2D eigenvalue weighted by Gasteiger charge is -2.20. The van der Waals surface area contributed by atoms with Gasteiger partial charge in [-0.3, -0.25) is 0 Å². The highest BCUT2D eigenvalue weighted by molar-refractivity contribution is 5.96. The minimum absolute atomic E-state index is 0.0899. The second-order valence-corrected chi connectivity index (χ2v) is 5.09. The molecule has 2 rings (SSSR count). The van der Waals surface area contributed by atoms with Gasteiger partial charge in [-0.15, -0.1) is 0 Å². The van der Waals surface area contributed by atoms with Crippen molar-refractivity contribution in [3.05, 3.63) is 35.4 Å². The molecule has 3 heteroatoms. The second kappa shape index (κ2) is 4.48. The number of ether oxygens (including phenoxy) is 2. The molecule has 1 heterocycles. The van der Waals surface area contributed by atoms with E-state index in [-0.39, 0.29) is 11.9 Å². The Morgan fingerprint density at radius 3 is 2.33 bits per heavy atom. The number of methoxy groups -OCH3 is 1. The summed E-state index contributed by atoms with van der Waals surface area (Å²) < 4.78 is 10.5. The molecular weight excluding hydrogens is 228 g/mol. The van der Waals surface area contributed by atoms with E-state index < -0.39 is 5.60 Å². The van der Waals surface area contributed by atoms with Gasteiger partial charge in [-0.2, -0.15) is 0 Å². The van der Waals surface area contributed by atoms with E-state index in [1.54, 1.807) is 7.11 Å². The summed E-state index contributed by atoms with van der Waals surface area (Å²) in [6.45, 7) is 5.88. The summed E-state index contributed by atoms with van der Waals surface area (Å²) >= 11 is 0. The Balaban J connectivity index is 2.30. The van der Waals surface area contributed by atoms with Crippen molar-refractivity contribution >= 4 is 12.0 Å². The number of hydrogen-bond donors (Lipinski definition) is 0. The minimum atomic E-state index is -0.421. The predicted molar refractivity (Wildman–Crippen MR) is 70.3 cm³/mol. The van der Waals surface area contributed by atoms with Crippen LogP contribution in [0.2, 0.25) is 0 Å². The highest BCUT2D eigenvalue weighted by atomic mass is 16.6. The lowest BCUT2D eigenvalue weighted by atomic mass is 9.88. The van der Waals surface area contributed by atoms with Gasteiger partial charge in [-0.1, -0.05) is 19.1 Å². The molecule has 96 valence electrons. The molecule has 0 aromatic heterocycles. The van der Waals surface area contributed by atoms with Crippen LogP contribution in [0.25, 0.3) is 6.08 Å². The van der Waals surface area contributed by atoms with Crippen LogP contribution >= 0.6 is 0 Å². The summed E-state index contributed by atoms with van der Waals surface area (Å²) in [5, 5.41) is 0. The third-order valence-corrected chi connectivity index (χ3v) is 3.54. The van der Waals surface area contributed by atoms with E-state index in [9.17, 15) is 4.79 Å². The van der Waals surface area contributed by atoms with Crippen molar-refractivity contribution in [3.63, 3.8) is 0 Å². The van der Waals surface area contributed by atoms with Gasteiger partial charge < -0.3 is 9.47 Å². The molecule has 0 saturated carbocycles. The Kier molecular flexibility index (Phi) is 3.16. The molecule has 1 unspecified atom stereocenters. The van der Waals surface area contributed by atoms with Crippen LogP contribution in [0.4, 0.5) is 0 Å². The third kappa shape index (κ3) is 2.26. The van der Waals surface area contributed by atoms with E-state index in [4.69, 9.17) is 9.47 Å². The number of hydrogen-bond acceptors (Lipinski definition) is 3. The quantitative estimate of drug-likeness (QED) is 0.594. The van der Waals surface area contributed by atoms with Gasteiger partial charge in [0.15, 0.2) is 0 Å². The van der Waals surface area contributed by atoms with Crippen molar-refractivity contribution in [1.82, 2.24) is 0 Å².